The van der Waals surface area contributed by atoms with E-state index in [1.54, 1.807) is 6.92 Å². The van der Waals surface area contributed by atoms with Gasteiger partial charge in [-0.05, 0) is 19.9 Å². The van der Waals surface area contributed by atoms with Crippen molar-refractivity contribution >= 4 is 28.0 Å². The Bertz CT molecular complexity index is 440. The van der Waals surface area contributed by atoms with Crippen molar-refractivity contribution in [1.29, 1.82) is 0 Å². The molecule has 0 bridgehead atoms. The van der Waals surface area contributed by atoms with Gasteiger partial charge < -0.3 is 5.32 Å². The molecule has 1 aromatic heterocycles. The number of ketones is 1. The van der Waals surface area contributed by atoms with Crippen molar-refractivity contribution in [2.24, 2.45) is 0 Å². The number of carbonyl (C=O) groups excluding carboxylic acids is 2. The molecule has 0 radical (unpaired) electrons. The molecular formula is C9H10N2O4S. The molecule has 6 nitrogen and oxygen atoms in total. The quantitative estimate of drug-likeness (QED) is 0.637. The second-order valence-electron chi connectivity index (χ2n) is 3.20. The van der Waals surface area contributed by atoms with Crippen LogP contribution in [0.25, 0.3) is 0 Å². The molecule has 0 aromatic carbocycles. The fourth-order valence-corrected chi connectivity index (χ4v) is 1.64. The Kier molecular flexibility index (Phi) is 3.73. The average Bonchev–Trinajstić information content (AvgIpc) is 2.65. The van der Waals surface area contributed by atoms with E-state index in [1.807, 2.05) is 0 Å². The first-order valence-electron chi connectivity index (χ1n) is 4.47. The molecule has 1 atom stereocenters. The lowest BCUT2D eigenvalue weighted by Crippen LogP contribution is -2.36. The number of hydrogen-bond acceptors (Lipinski definition) is 5. The van der Waals surface area contributed by atoms with E-state index in [1.165, 1.54) is 19.1 Å². The molecular weight excluding hydrogens is 232 g/mol. The first-order valence-corrected chi connectivity index (χ1v) is 5.29. The van der Waals surface area contributed by atoms with Crippen LogP contribution in [0.15, 0.2) is 12.1 Å². The number of nitrogens with zero attached hydrogens (tertiary/aromatic N) is 1. The van der Waals surface area contributed by atoms with Crippen LogP contribution in [0.5, 0.6) is 0 Å². The molecule has 1 N–H and O–H groups in total. The summed E-state index contributed by atoms with van der Waals surface area (Å²) < 4.78 is 0. The third-order valence-corrected chi connectivity index (χ3v) is 2.99. The highest BCUT2D eigenvalue weighted by Crippen LogP contribution is 2.23. The first kappa shape index (κ1) is 12.3. The van der Waals surface area contributed by atoms with Crippen molar-refractivity contribution in [3.63, 3.8) is 0 Å². The second-order valence-corrected chi connectivity index (χ2v) is 4.26. The number of hydrogen-bond donors (Lipinski definition) is 1. The topological polar surface area (TPSA) is 89.3 Å². The smallest absolute Gasteiger partial charge is 0.324 e. The standard InChI is InChI=1S/C9H10N2O4S/c1-5(6(2)12)10-9(13)7-3-4-8(16-7)11(14)15/h3-5H,1-2H3,(H,10,13). The molecule has 1 amide bonds. The Morgan fingerprint density at radius 1 is 1.50 bits per heavy atom. The number of nitrogens with one attached hydrogen (secondary N) is 1. The monoisotopic (exact) mass is 242 g/mol. The Morgan fingerprint density at radius 3 is 2.56 bits per heavy atom. The van der Waals surface area contributed by atoms with Gasteiger partial charge in [0.1, 0.15) is 0 Å². The molecule has 16 heavy (non-hydrogen) atoms. The molecule has 1 unspecified atom stereocenters. The van der Waals surface area contributed by atoms with Gasteiger partial charge in [0.05, 0.1) is 15.8 Å². The van der Waals surface area contributed by atoms with Gasteiger partial charge in [-0.25, -0.2) is 0 Å². The molecule has 1 heterocycles. The van der Waals surface area contributed by atoms with Gasteiger partial charge in [-0.15, -0.1) is 0 Å². The predicted molar refractivity (Wildman–Crippen MR) is 58.6 cm³/mol. The average molecular weight is 242 g/mol. The van der Waals surface area contributed by atoms with Crippen LogP contribution in [0.1, 0.15) is 23.5 Å². The molecule has 86 valence electrons. The van der Waals surface area contributed by atoms with Gasteiger partial charge in [-0.2, -0.15) is 0 Å². The Hall–Kier alpha value is -1.76. The van der Waals surface area contributed by atoms with E-state index in [2.05, 4.69) is 5.32 Å². The predicted octanol–water partition coefficient (Wildman–Crippen LogP) is 1.36. The van der Waals surface area contributed by atoms with E-state index >= 15 is 0 Å². The highest BCUT2D eigenvalue weighted by atomic mass is 32.1. The van der Waals surface area contributed by atoms with Gasteiger partial charge in [0.15, 0.2) is 5.78 Å². The number of amides is 1. The van der Waals surface area contributed by atoms with Gasteiger partial charge >= 0.3 is 5.00 Å². The molecule has 0 saturated heterocycles. The van der Waals surface area contributed by atoms with Gasteiger partial charge in [-0.1, -0.05) is 11.3 Å². The van der Waals surface area contributed by atoms with Crippen LogP contribution in [0.2, 0.25) is 0 Å². The highest BCUT2D eigenvalue weighted by molar-refractivity contribution is 7.17. The lowest BCUT2D eigenvalue weighted by Gasteiger charge is -2.08. The van der Waals surface area contributed by atoms with E-state index in [-0.39, 0.29) is 15.7 Å². The summed E-state index contributed by atoms with van der Waals surface area (Å²) in [7, 11) is 0. The molecule has 0 fully saturated rings. The fourth-order valence-electron chi connectivity index (χ4n) is 0.917. The summed E-state index contributed by atoms with van der Waals surface area (Å²) in [6, 6.07) is 2.04. The van der Waals surface area contributed by atoms with Crippen LogP contribution in [0, 0.1) is 10.1 Å². The van der Waals surface area contributed by atoms with Crippen molar-refractivity contribution in [2.75, 3.05) is 0 Å². The maximum absolute atomic E-state index is 11.5. The third-order valence-electron chi connectivity index (χ3n) is 1.95. The molecule has 0 aliphatic rings. The van der Waals surface area contributed by atoms with Crippen molar-refractivity contribution in [1.82, 2.24) is 5.32 Å². The number of thiophene rings is 1. The molecule has 7 heteroatoms. The third kappa shape index (κ3) is 2.86. The molecule has 0 aliphatic carbocycles. The minimum Gasteiger partial charge on any atom is -0.342 e. The summed E-state index contributed by atoms with van der Waals surface area (Å²) in [5, 5.41) is 12.7. The summed E-state index contributed by atoms with van der Waals surface area (Å²) in [4.78, 5) is 32.5. The summed E-state index contributed by atoms with van der Waals surface area (Å²) in [5.74, 6) is -0.639. The minimum atomic E-state index is -0.589. The summed E-state index contributed by atoms with van der Waals surface area (Å²) in [6.45, 7) is 2.92. The number of carbonyl (C=O) groups is 2. The molecule has 0 aliphatic heterocycles. The molecule has 0 spiro atoms. The van der Waals surface area contributed by atoms with Crippen LogP contribution in [0.3, 0.4) is 0 Å². The van der Waals surface area contributed by atoms with Gasteiger partial charge in [0.25, 0.3) is 5.91 Å². The highest BCUT2D eigenvalue weighted by Gasteiger charge is 2.17. The molecule has 1 aromatic rings. The van der Waals surface area contributed by atoms with E-state index in [0.29, 0.717) is 0 Å². The van der Waals surface area contributed by atoms with E-state index in [4.69, 9.17) is 0 Å². The zero-order chi connectivity index (χ0) is 12.3. The van der Waals surface area contributed by atoms with Crippen LogP contribution in [-0.2, 0) is 4.79 Å². The van der Waals surface area contributed by atoms with Crippen LogP contribution >= 0.6 is 11.3 Å². The maximum atomic E-state index is 11.5. The van der Waals surface area contributed by atoms with Crippen LogP contribution in [-0.4, -0.2) is 22.7 Å². The lowest BCUT2D eigenvalue weighted by atomic mass is 10.2. The fraction of sp³-hybridized carbons (Fsp3) is 0.333. The minimum absolute atomic E-state index is 0.0966. The van der Waals surface area contributed by atoms with E-state index in [9.17, 15) is 19.7 Å². The molecule has 0 saturated carbocycles. The van der Waals surface area contributed by atoms with Crippen molar-refractivity contribution in [3.05, 3.63) is 27.1 Å². The van der Waals surface area contributed by atoms with Crippen molar-refractivity contribution in [2.45, 2.75) is 19.9 Å². The summed E-state index contributed by atoms with van der Waals surface area (Å²) in [6.07, 6.45) is 0. The zero-order valence-electron chi connectivity index (χ0n) is 8.72. The maximum Gasteiger partial charge on any atom is 0.324 e. The second kappa shape index (κ2) is 4.84. The zero-order valence-corrected chi connectivity index (χ0v) is 9.54. The van der Waals surface area contributed by atoms with Crippen molar-refractivity contribution < 1.29 is 14.5 Å². The van der Waals surface area contributed by atoms with Gasteiger partial charge in [-0.3, -0.25) is 19.7 Å². The van der Waals surface area contributed by atoms with E-state index < -0.39 is 16.9 Å². The summed E-state index contributed by atoms with van der Waals surface area (Å²) >= 11 is 0.780. The summed E-state index contributed by atoms with van der Waals surface area (Å²) in [5.41, 5.74) is 0. The van der Waals surface area contributed by atoms with E-state index in [0.717, 1.165) is 11.3 Å². The van der Waals surface area contributed by atoms with Crippen molar-refractivity contribution in [3.8, 4) is 0 Å². The van der Waals surface area contributed by atoms with Crippen LogP contribution < -0.4 is 5.32 Å². The number of Topliss-reactive ketones (excluding diaryl/α,β-unsaturated/α-hetero) is 1. The first-order chi connectivity index (χ1) is 7.41. The van der Waals surface area contributed by atoms with Gasteiger partial charge in [0, 0.05) is 6.07 Å². The number of rotatable bonds is 4. The Morgan fingerprint density at radius 2 is 2.12 bits per heavy atom. The Balaban J connectivity index is 2.73. The Labute approximate surface area is 95.4 Å². The number of nitro groups is 1. The largest absolute Gasteiger partial charge is 0.342 e. The molecule has 1 rings (SSSR count). The lowest BCUT2D eigenvalue weighted by molar-refractivity contribution is -0.380. The van der Waals surface area contributed by atoms with Gasteiger partial charge in [0.2, 0.25) is 0 Å². The normalized spacial score (nSPS) is 11.9. The SMILES string of the molecule is CC(=O)C(C)NC(=O)c1ccc([N+](=O)[O-])s1. The van der Waals surface area contributed by atoms with Crippen LogP contribution in [0.4, 0.5) is 5.00 Å².